The number of halogens is 4. The highest BCUT2D eigenvalue weighted by atomic mass is 127. The average molecular weight is 480 g/mol. The molecule has 0 fully saturated rings. The van der Waals surface area contributed by atoms with Gasteiger partial charge >= 0.3 is 26.7 Å². The van der Waals surface area contributed by atoms with E-state index in [1.807, 2.05) is 48.5 Å². The highest BCUT2D eigenvalue weighted by Gasteiger charge is 2.36. The van der Waals surface area contributed by atoms with Crippen molar-refractivity contribution in [1.82, 2.24) is 0 Å². The van der Waals surface area contributed by atoms with Crippen LogP contribution in [0.25, 0.3) is 0 Å². The normalized spacial score (nSPS) is 10.8. The van der Waals surface area contributed by atoms with Crippen molar-refractivity contribution >= 4 is 10.1 Å². The van der Waals surface area contributed by atoms with Crippen molar-refractivity contribution in [1.29, 1.82) is 10.5 Å². The van der Waals surface area contributed by atoms with Gasteiger partial charge in [-0.2, -0.15) is 23.7 Å². The molecule has 0 heterocycles. The predicted octanol–water partition coefficient (Wildman–Crippen LogP) is -0.390. The Balaban J connectivity index is 0.000000333. The van der Waals surface area contributed by atoms with E-state index in [9.17, 15) is 13.2 Å². The fraction of sp³-hybridized carbons (Fsp3) is 0.0667. The summed E-state index contributed by atoms with van der Waals surface area (Å²) in [4.78, 5) is 0. The second-order valence-electron chi connectivity index (χ2n) is 4.23. The molecule has 0 aromatic heterocycles. The molecule has 2 rings (SSSR count). The summed E-state index contributed by atoms with van der Waals surface area (Å²) in [5.41, 5.74) is -4.26. The Kier molecular flexibility index (Phi) is 7.36. The monoisotopic (exact) mass is 480 g/mol. The molecule has 0 atom stereocenters. The van der Waals surface area contributed by atoms with Gasteiger partial charge in [0.1, 0.15) is 0 Å². The van der Waals surface area contributed by atoms with E-state index in [1.165, 1.54) is 7.14 Å². The zero-order valence-corrected chi connectivity index (χ0v) is 15.1. The van der Waals surface area contributed by atoms with Crippen LogP contribution in [-0.2, 0) is 10.1 Å². The third-order valence-corrected chi connectivity index (χ3v) is 5.70. The molecule has 0 saturated carbocycles. The highest BCUT2D eigenvalue weighted by Crippen LogP contribution is 2.20. The molecule has 0 saturated heterocycles. The van der Waals surface area contributed by atoms with E-state index in [1.54, 1.807) is 0 Å². The number of hydrogen-bond acceptors (Lipinski definition) is 5. The number of hydrogen-bond donors (Lipinski definition) is 0. The van der Waals surface area contributed by atoms with E-state index < -0.39 is 15.6 Å². The lowest BCUT2D eigenvalue weighted by Gasteiger charge is -2.08. The second-order valence-corrected chi connectivity index (χ2v) is 8.63. The first-order valence-electron chi connectivity index (χ1n) is 6.24. The van der Waals surface area contributed by atoms with Crippen molar-refractivity contribution in [2.45, 2.75) is 5.51 Å². The Labute approximate surface area is 152 Å². The SMILES string of the molecule is N#Cc1ccc([I+]c2ccc(C#N)cc2)cc1.O=S(=O)([O-])C(F)(F)F. The van der Waals surface area contributed by atoms with Crippen LogP contribution in [0, 0.1) is 29.8 Å². The van der Waals surface area contributed by atoms with Gasteiger partial charge in [0, 0.05) is 0 Å². The van der Waals surface area contributed by atoms with Crippen molar-refractivity contribution in [3.63, 3.8) is 0 Å². The van der Waals surface area contributed by atoms with E-state index in [0.717, 1.165) is 0 Å². The molecule has 130 valence electrons. The van der Waals surface area contributed by atoms with Crippen LogP contribution in [0.15, 0.2) is 48.5 Å². The summed E-state index contributed by atoms with van der Waals surface area (Å²) in [5, 5.41) is 17.4. The Bertz CT molecular complexity index is 842. The molecule has 0 spiro atoms. The number of nitriles is 2. The van der Waals surface area contributed by atoms with Crippen molar-refractivity contribution in [2.24, 2.45) is 0 Å². The molecule has 2 aromatic carbocycles. The fourth-order valence-corrected chi connectivity index (χ4v) is 3.46. The lowest BCUT2D eigenvalue weighted by Crippen LogP contribution is -3.61. The van der Waals surface area contributed by atoms with Gasteiger partial charge in [-0.25, -0.2) is 8.42 Å². The molecular weight excluding hydrogens is 472 g/mol. The summed E-state index contributed by atoms with van der Waals surface area (Å²) in [6, 6.07) is 19.6. The maximum absolute atomic E-state index is 10.7. The Hall–Kier alpha value is -2.15. The third kappa shape index (κ3) is 7.09. The van der Waals surface area contributed by atoms with Gasteiger partial charge in [0.25, 0.3) is 0 Å². The molecule has 0 aliphatic heterocycles. The summed E-state index contributed by atoms with van der Waals surface area (Å²) in [7, 11) is -6.09. The summed E-state index contributed by atoms with van der Waals surface area (Å²) in [6.07, 6.45) is 0. The second kappa shape index (κ2) is 8.80. The van der Waals surface area contributed by atoms with E-state index in [-0.39, 0.29) is 21.2 Å². The van der Waals surface area contributed by atoms with Gasteiger partial charge < -0.3 is 4.55 Å². The van der Waals surface area contributed by atoms with Crippen molar-refractivity contribution in [3.05, 3.63) is 66.8 Å². The van der Waals surface area contributed by atoms with Gasteiger partial charge in [0.2, 0.25) is 0 Å². The van der Waals surface area contributed by atoms with Gasteiger partial charge in [-0.1, -0.05) is 0 Å². The number of nitrogens with zero attached hydrogens (tertiary/aromatic N) is 2. The van der Waals surface area contributed by atoms with Crippen LogP contribution in [0.1, 0.15) is 11.1 Å². The molecule has 5 nitrogen and oxygen atoms in total. The maximum atomic E-state index is 10.7. The number of benzene rings is 2. The lowest BCUT2D eigenvalue weighted by atomic mass is 10.2. The van der Waals surface area contributed by atoms with Crippen LogP contribution < -0.4 is 21.2 Å². The molecular formula is C15H8F3IN2O3S. The topological polar surface area (TPSA) is 105 Å². The van der Waals surface area contributed by atoms with E-state index in [2.05, 4.69) is 12.1 Å². The molecule has 10 heteroatoms. The molecule has 0 N–H and O–H groups in total. The molecule has 0 amide bonds. The lowest BCUT2D eigenvalue weighted by molar-refractivity contribution is -0.597. The van der Waals surface area contributed by atoms with Crippen LogP contribution in [0.3, 0.4) is 0 Å². The van der Waals surface area contributed by atoms with Crippen molar-refractivity contribution in [3.8, 4) is 12.1 Å². The third-order valence-electron chi connectivity index (χ3n) is 2.45. The predicted molar refractivity (Wildman–Crippen MR) is 75.5 cm³/mol. The Morgan fingerprint density at radius 1 is 0.840 bits per heavy atom. The van der Waals surface area contributed by atoms with Gasteiger partial charge in [0.05, 0.1) is 23.3 Å². The van der Waals surface area contributed by atoms with Crippen molar-refractivity contribution < 1.29 is 47.3 Å². The first kappa shape index (κ1) is 20.9. The number of rotatable bonds is 2. The minimum atomic E-state index is -6.09. The van der Waals surface area contributed by atoms with Crippen LogP contribution >= 0.6 is 0 Å². The van der Waals surface area contributed by atoms with Crippen LogP contribution in [0.4, 0.5) is 13.2 Å². The minimum absolute atomic E-state index is 0.226. The first-order chi connectivity index (χ1) is 11.6. The molecule has 0 unspecified atom stereocenters. The molecule has 0 bridgehead atoms. The standard InChI is InChI=1S/C14H8IN2.CHF3O3S/c16-9-11-1-5-13(6-2-11)15-14-7-3-12(10-17)4-8-14;2-1(3,4)8(5,6)7/h1-8H;(H,5,6,7)/q+1;/p-1. The van der Waals surface area contributed by atoms with Gasteiger partial charge in [-0.05, 0) is 48.5 Å². The van der Waals surface area contributed by atoms with Crippen LogP contribution in [0.2, 0.25) is 0 Å². The van der Waals surface area contributed by atoms with Crippen LogP contribution in [0.5, 0.6) is 0 Å². The van der Waals surface area contributed by atoms with E-state index in [4.69, 9.17) is 23.5 Å². The average Bonchev–Trinajstić information content (AvgIpc) is 2.55. The van der Waals surface area contributed by atoms with Gasteiger partial charge in [-0.15, -0.1) is 0 Å². The maximum Gasteiger partial charge on any atom is 0.485 e. The van der Waals surface area contributed by atoms with Gasteiger partial charge in [-0.3, -0.25) is 0 Å². The Morgan fingerprint density at radius 2 is 1.12 bits per heavy atom. The van der Waals surface area contributed by atoms with Crippen LogP contribution in [-0.4, -0.2) is 18.5 Å². The van der Waals surface area contributed by atoms with E-state index in [0.29, 0.717) is 11.1 Å². The smallest absolute Gasteiger partial charge is 0.485 e. The summed E-state index contributed by atoms with van der Waals surface area (Å²) < 4.78 is 61.4. The molecule has 0 aliphatic rings. The largest absolute Gasteiger partial charge is 0.741 e. The number of alkyl halides is 3. The summed E-state index contributed by atoms with van der Waals surface area (Å²) in [6.45, 7) is 0. The first-order valence-corrected chi connectivity index (χ1v) is 9.80. The fourth-order valence-electron chi connectivity index (χ4n) is 1.30. The highest BCUT2D eigenvalue weighted by molar-refractivity contribution is 7.86. The summed E-state index contributed by atoms with van der Waals surface area (Å²) >= 11 is -0.226. The van der Waals surface area contributed by atoms with E-state index >= 15 is 0 Å². The van der Waals surface area contributed by atoms with Crippen molar-refractivity contribution in [2.75, 3.05) is 0 Å². The quantitative estimate of drug-likeness (QED) is 0.331. The summed E-state index contributed by atoms with van der Waals surface area (Å²) in [5.74, 6) is 0. The molecule has 25 heavy (non-hydrogen) atoms. The molecule has 0 aliphatic carbocycles. The molecule has 2 aromatic rings. The van der Waals surface area contributed by atoms with Gasteiger partial charge in [0.15, 0.2) is 17.3 Å². The zero-order valence-electron chi connectivity index (χ0n) is 12.2. The zero-order chi connectivity index (χ0) is 19.1. The minimum Gasteiger partial charge on any atom is -0.741 e. The molecule has 0 radical (unpaired) electrons. The Morgan fingerprint density at radius 3 is 1.32 bits per heavy atom.